The van der Waals surface area contributed by atoms with E-state index in [0.717, 1.165) is 19.4 Å². The molecule has 3 aliphatic rings. The zero-order chi connectivity index (χ0) is 30.7. The number of aliphatic hydroxyl groups excluding tert-OH is 1. The van der Waals surface area contributed by atoms with E-state index in [4.69, 9.17) is 11.2 Å². The number of pyridine rings is 1. The zero-order valence-corrected chi connectivity index (χ0v) is 23.6. The van der Waals surface area contributed by atoms with Crippen molar-refractivity contribution in [3.8, 4) is 35.4 Å². The fourth-order valence-corrected chi connectivity index (χ4v) is 7.01. The van der Waals surface area contributed by atoms with Crippen LogP contribution in [0.5, 0.6) is 11.8 Å². The van der Waals surface area contributed by atoms with Crippen LogP contribution in [0.3, 0.4) is 0 Å². The fourth-order valence-electron chi connectivity index (χ4n) is 7.01. The second-order valence-electron chi connectivity index (χ2n) is 11.9. The highest BCUT2D eigenvalue weighted by molar-refractivity contribution is 6.03. The predicted molar refractivity (Wildman–Crippen MR) is 156 cm³/mol. The van der Waals surface area contributed by atoms with Crippen LogP contribution in [-0.2, 0) is 0 Å². The first-order valence-electron chi connectivity index (χ1n) is 14.5. The number of rotatable bonds is 5. The van der Waals surface area contributed by atoms with Crippen molar-refractivity contribution in [2.75, 3.05) is 37.7 Å². The van der Waals surface area contributed by atoms with E-state index in [2.05, 4.69) is 25.8 Å². The summed E-state index contributed by atoms with van der Waals surface area (Å²) in [5.74, 6) is 0.712. The highest BCUT2D eigenvalue weighted by Gasteiger charge is 2.49. The van der Waals surface area contributed by atoms with Gasteiger partial charge in [0.2, 0.25) is 0 Å². The third-order valence-corrected chi connectivity index (χ3v) is 9.12. The molecule has 7 rings (SSSR count). The van der Waals surface area contributed by atoms with Gasteiger partial charge in [-0.05, 0) is 49.4 Å². The summed E-state index contributed by atoms with van der Waals surface area (Å²) >= 11 is 0. The number of piperidine rings is 1. The van der Waals surface area contributed by atoms with Crippen LogP contribution in [0.1, 0.15) is 31.2 Å². The number of hydrogen-bond acceptors (Lipinski definition) is 8. The number of halogens is 4. The van der Waals surface area contributed by atoms with Gasteiger partial charge in [-0.1, -0.05) is 12.0 Å². The van der Waals surface area contributed by atoms with Gasteiger partial charge < -0.3 is 19.8 Å². The smallest absolute Gasteiger partial charge is 0.319 e. The van der Waals surface area contributed by atoms with Crippen molar-refractivity contribution in [1.29, 1.82) is 0 Å². The Morgan fingerprint density at radius 1 is 1.14 bits per heavy atom. The summed E-state index contributed by atoms with van der Waals surface area (Å²) in [6, 6.07) is 5.07. The van der Waals surface area contributed by atoms with Crippen molar-refractivity contribution >= 4 is 27.5 Å². The van der Waals surface area contributed by atoms with E-state index in [9.17, 15) is 23.4 Å². The molecule has 3 aliphatic heterocycles. The molecule has 3 fully saturated rings. The number of aliphatic hydroxyl groups is 1. The minimum atomic E-state index is -1.41. The third-order valence-electron chi connectivity index (χ3n) is 9.12. The minimum absolute atomic E-state index is 0.0303. The molecule has 2 aromatic heterocycles. The molecule has 228 valence electrons. The van der Waals surface area contributed by atoms with Crippen molar-refractivity contribution in [3.05, 3.63) is 47.7 Å². The highest BCUT2D eigenvalue weighted by Crippen LogP contribution is 2.42. The SMILES string of the molecule is C#Cc1c(F)ccc2cc(O)cc(-c3ncc4c(N5CC[C@@H](F)[C@H](O)C5)nc(OC[C@@]56CCCN5C[C@H](F)C6)nc4c3F)c12. The van der Waals surface area contributed by atoms with Gasteiger partial charge in [-0.3, -0.25) is 9.88 Å². The van der Waals surface area contributed by atoms with E-state index in [0.29, 0.717) is 18.4 Å². The van der Waals surface area contributed by atoms with Crippen LogP contribution in [0, 0.1) is 24.0 Å². The molecule has 2 aromatic carbocycles. The maximum absolute atomic E-state index is 16.6. The van der Waals surface area contributed by atoms with Crippen LogP contribution in [0.25, 0.3) is 32.9 Å². The van der Waals surface area contributed by atoms with Gasteiger partial charge in [-0.25, -0.2) is 17.6 Å². The van der Waals surface area contributed by atoms with E-state index in [-0.39, 0.29) is 76.8 Å². The van der Waals surface area contributed by atoms with Crippen LogP contribution in [0.2, 0.25) is 0 Å². The summed E-state index contributed by atoms with van der Waals surface area (Å²) in [6.07, 6.45) is 5.27. The quantitative estimate of drug-likeness (QED) is 0.250. The van der Waals surface area contributed by atoms with Crippen LogP contribution in [0.15, 0.2) is 30.5 Å². The molecular formula is C32H29F4N5O3. The van der Waals surface area contributed by atoms with Gasteiger partial charge in [0.25, 0.3) is 0 Å². The van der Waals surface area contributed by atoms with E-state index in [1.807, 2.05) is 0 Å². The average molecular weight is 608 g/mol. The van der Waals surface area contributed by atoms with Gasteiger partial charge >= 0.3 is 6.01 Å². The molecule has 8 nitrogen and oxygen atoms in total. The molecule has 0 saturated carbocycles. The summed E-state index contributed by atoms with van der Waals surface area (Å²) in [5.41, 5.74) is -0.993. The zero-order valence-electron chi connectivity index (χ0n) is 23.6. The molecule has 4 atom stereocenters. The lowest BCUT2D eigenvalue weighted by Gasteiger charge is -2.34. The number of β-amino-alcohol motifs (C(OH)–C–C–N with tert-alkyl or cyclic N) is 1. The molecule has 0 aliphatic carbocycles. The summed E-state index contributed by atoms with van der Waals surface area (Å²) in [5, 5.41) is 21.5. The van der Waals surface area contributed by atoms with Crippen LogP contribution in [-0.4, -0.2) is 86.8 Å². The lowest BCUT2D eigenvalue weighted by Crippen LogP contribution is -2.45. The Labute approximate surface area is 250 Å². The maximum atomic E-state index is 16.6. The number of terminal acetylenes is 1. The number of benzene rings is 2. The van der Waals surface area contributed by atoms with Gasteiger partial charge in [-0.2, -0.15) is 9.97 Å². The first kappa shape index (κ1) is 28.6. The number of aromatic nitrogens is 3. The minimum Gasteiger partial charge on any atom is -0.508 e. The number of aromatic hydroxyl groups is 1. The first-order valence-corrected chi connectivity index (χ1v) is 14.5. The van der Waals surface area contributed by atoms with Crippen molar-refractivity contribution in [1.82, 2.24) is 19.9 Å². The molecule has 5 heterocycles. The van der Waals surface area contributed by atoms with Gasteiger partial charge in [0.05, 0.1) is 16.5 Å². The van der Waals surface area contributed by atoms with Crippen molar-refractivity contribution < 1.29 is 32.5 Å². The van der Waals surface area contributed by atoms with E-state index < -0.39 is 35.6 Å². The van der Waals surface area contributed by atoms with E-state index in [1.54, 1.807) is 4.90 Å². The van der Waals surface area contributed by atoms with Crippen LogP contribution in [0.4, 0.5) is 23.4 Å². The summed E-state index contributed by atoms with van der Waals surface area (Å²) < 4.78 is 65.9. The van der Waals surface area contributed by atoms with E-state index >= 15 is 4.39 Å². The number of fused-ring (bicyclic) bond motifs is 3. The molecule has 0 spiro atoms. The molecule has 4 aromatic rings. The average Bonchev–Trinajstić information content (AvgIpc) is 3.53. The summed E-state index contributed by atoms with van der Waals surface area (Å²) in [7, 11) is 0. The maximum Gasteiger partial charge on any atom is 0.319 e. The standard InChI is InChI=1S/C32H29F4N5O3/c1-2-20-23(34)5-4-17-10-19(42)11-21(26(17)20)28-27(36)29-22(13-37-28)30(40-9-6-24(35)25(43)15-40)39-31(38-29)44-16-32-7-3-8-41(32)14-18(33)12-32/h1,4-5,10-11,13,18,24-25,42-43H,3,6-9,12,14-16H2/t18-,24-,25-,32+/m1/s1. The Morgan fingerprint density at radius 2 is 1.98 bits per heavy atom. The Morgan fingerprint density at radius 3 is 2.77 bits per heavy atom. The Kier molecular flexibility index (Phi) is 6.98. The normalized spacial score (nSPS) is 25.5. The molecule has 12 heteroatoms. The second kappa shape index (κ2) is 10.7. The number of phenolic OH excluding ortho intramolecular Hbond substituents is 1. The van der Waals surface area contributed by atoms with Crippen molar-refractivity contribution in [2.45, 2.75) is 49.7 Å². The number of nitrogens with zero attached hydrogens (tertiary/aromatic N) is 5. The van der Waals surface area contributed by atoms with Gasteiger partial charge in [0.1, 0.15) is 53.6 Å². The first-order chi connectivity index (χ1) is 21.2. The molecule has 0 radical (unpaired) electrons. The number of ether oxygens (including phenoxy) is 1. The fraction of sp³-hybridized carbons (Fsp3) is 0.406. The second-order valence-corrected chi connectivity index (χ2v) is 11.9. The number of anilines is 1. The Balaban J connectivity index is 1.38. The monoisotopic (exact) mass is 607 g/mol. The third kappa shape index (κ3) is 4.66. The predicted octanol–water partition coefficient (Wildman–Crippen LogP) is 4.67. The number of hydrogen-bond donors (Lipinski definition) is 2. The largest absolute Gasteiger partial charge is 0.508 e. The lowest BCUT2D eigenvalue weighted by molar-refractivity contribution is 0.0642. The van der Waals surface area contributed by atoms with Crippen molar-refractivity contribution in [2.24, 2.45) is 0 Å². The van der Waals surface area contributed by atoms with Gasteiger partial charge in [-0.15, -0.1) is 6.42 Å². The summed E-state index contributed by atoms with van der Waals surface area (Å²) in [6.45, 7) is 1.27. The van der Waals surface area contributed by atoms with Crippen LogP contribution >= 0.6 is 0 Å². The molecule has 2 N–H and O–H groups in total. The van der Waals surface area contributed by atoms with Gasteiger partial charge in [0, 0.05) is 43.2 Å². The van der Waals surface area contributed by atoms with Crippen LogP contribution < -0.4 is 9.64 Å². The Bertz CT molecular complexity index is 1830. The van der Waals surface area contributed by atoms with E-state index in [1.165, 1.54) is 30.5 Å². The number of alkyl halides is 2. The molecule has 44 heavy (non-hydrogen) atoms. The number of phenols is 1. The molecule has 0 unspecified atom stereocenters. The molecule has 0 bridgehead atoms. The van der Waals surface area contributed by atoms with Crippen molar-refractivity contribution in [3.63, 3.8) is 0 Å². The topological polar surface area (TPSA) is 94.8 Å². The summed E-state index contributed by atoms with van der Waals surface area (Å²) in [4.78, 5) is 17.0. The lowest BCUT2D eigenvalue weighted by atomic mass is 9.95. The molecular weight excluding hydrogens is 578 g/mol. The highest BCUT2D eigenvalue weighted by atomic mass is 19.1. The Hall–Kier alpha value is -4.21. The van der Waals surface area contributed by atoms with Gasteiger partial charge in [0.15, 0.2) is 5.82 Å². The molecule has 3 saturated heterocycles. The molecule has 0 amide bonds.